The average Bonchev–Trinajstić information content (AvgIpc) is 3.46. The first-order valence-electron chi connectivity index (χ1n) is 9.60. The lowest BCUT2D eigenvalue weighted by molar-refractivity contribution is -0.127. The Morgan fingerprint density at radius 3 is 2.68 bits per heavy atom. The van der Waals surface area contributed by atoms with Gasteiger partial charge in [-0.25, -0.2) is 4.98 Å². The topological polar surface area (TPSA) is 48.5 Å². The normalized spacial score (nSPS) is 25.8. The van der Waals surface area contributed by atoms with E-state index in [9.17, 15) is 4.79 Å². The summed E-state index contributed by atoms with van der Waals surface area (Å²) in [6, 6.07) is 4.83. The van der Waals surface area contributed by atoms with E-state index in [4.69, 9.17) is 11.6 Å². The Labute approximate surface area is 154 Å². The molecule has 0 bridgehead atoms. The average molecular weight is 363 g/mol. The third-order valence-electron chi connectivity index (χ3n) is 5.77. The third kappa shape index (κ3) is 4.09. The SMILES string of the molecule is O=C(NC1CC1)[C@@H]1CCCN(C2CCN(c3ncccc3Cl)CC2)C1. The van der Waals surface area contributed by atoms with Crippen LogP contribution >= 0.6 is 11.6 Å². The van der Waals surface area contributed by atoms with Crippen molar-refractivity contribution in [2.75, 3.05) is 31.1 Å². The Morgan fingerprint density at radius 1 is 1.16 bits per heavy atom. The van der Waals surface area contributed by atoms with Gasteiger partial charge in [0.15, 0.2) is 0 Å². The Hall–Kier alpha value is -1.33. The number of likely N-dealkylation sites (tertiary alicyclic amines) is 1. The number of carbonyl (C=O) groups excluding carboxylic acids is 1. The van der Waals surface area contributed by atoms with Crippen LogP contribution in [0.15, 0.2) is 18.3 Å². The summed E-state index contributed by atoms with van der Waals surface area (Å²) in [4.78, 5) is 21.7. The molecule has 3 heterocycles. The van der Waals surface area contributed by atoms with Gasteiger partial charge in [0.05, 0.1) is 10.9 Å². The maximum absolute atomic E-state index is 12.4. The maximum atomic E-state index is 12.4. The zero-order valence-corrected chi connectivity index (χ0v) is 15.4. The standard InChI is InChI=1S/C19H27ClN4O/c20-17-4-1-9-21-18(17)23-11-7-16(8-12-23)24-10-2-3-14(13-24)19(25)22-15-5-6-15/h1,4,9,14-16H,2-3,5-8,10-13H2,(H,22,25)/t14-/m1/s1. The number of aromatic nitrogens is 1. The van der Waals surface area contributed by atoms with Gasteiger partial charge in [-0.3, -0.25) is 9.69 Å². The minimum atomic E-state index is 0.178. The number of halogens is 1. The summed E-state index contributed by atoms with van der Waals surface area (Å²) in [5, 5.41) is 3.92. The maximum Gasteiger partial charge on any atom is 0.224 e. The molecule has 3 aliphatic rings. The van der Waals surface area contributed by atoms with Crippen molar-refractivity contribution in [3.8, 4) is 0 Å². The summed E-state index contributed by atoms with van der Waals surface area (Å²) in [6.07, 6.45) is 8.54. The number of carbonyl (C=O) groups is 1. The van der Waals surface area contributed by atoms with Crippen molar-refractivity contribution in [1.82, 2.24) is 15.2 Å². The van der Waals surface area contributed by atoms with Gasteiger partial charge in [-0.05, 0) is 57.2 Å². The molecule has 0 spiro atoms. The van der Waals surface area contributed by atoms with E-state index in [2.05, 4.69) is 20.1 Å². The lowest BCUT2D eigenvalue weighted by Gasteiger charge is -2.42. The molecule has 1 aromatic heterocycles. The summed E-state index contributed by atoms with van der Waals surface area (Å²) in [5.74, 6) is 1.37. The van der Waals surface area contributed by atoms with Crippen molar-refractivity contribution in [3.63, 3.8) is 0 Å². The van der Waals surface area contributed by atoms with Crippen LogP contribution in [0, 0.1) is 5.92 Å². The fourth-order valence-corrected chi connectivity index (χ4v) is 4.39. The van der Waals surface area contributed by atoms with Gasteiger partial charge in [0, 0.05) is 37.9 Å². The first-order valence-corrected chi connectivity index (χ1v) is 9.98. The summed E-state index contributed by atoms with van der Waals surface area (Å²) in [5.41, 5.74) is 0. The highest BCUT2D eigenvalue weighted by Gasteiger charge is 2.34. The van der Waals surface area contributed by atoms with Crippen molar-refractivity contribution >= 4 is 23.3 Å². The van der Waals surface area contributed by atoms with E-state index in [1.165, 1.54) is 0 Å². The lowest BCUT2D eigenvalue weighted by atomic mass is 9.93. The third-order valence-corrected chi connectivity index (χ3v) is 6.06. The quantitative estimate of drug-likeness (QED) is 0.894. The van der Waals surface area contributed by atoms with Gasteiger partial charge >= 0.3 is 0 Å². The summed E-state index contributed by atoms with van der Waals surface area (Å²) in [7, 11) is 0. The van der Waals surface area contributed by atoms with Gasteiger partial charge in [0.2, 0.25) is 5.91 Å². The lowest BCUT2D eigenvalue weighted by Crippen LogP contribution is -2.51. The molecule has 3 fully saturated rings. The van der Waals surface area contributed by atoms with Crippen LogP contribution in [-0.2, 0) is 4.79 Å². The minimum Gasteiger partial charge on any atom is -0.355 e. The van der Waals surface area contributed by atoms with Crippen molar-refractivity contribution < 1.29 is 4.79 Å². The van der Waals surface area contributed by atoms with Gasteiger partial charge in [0.1, 0.15) is 5.82 Å². The summed E-state index contributed by atoms with van der Waals surface area (Å²) >= 11 is 6.28. The van der Waals surface area contributed by atoms with Crippen LogP contribution < -0.4 is 10.2 Å². The van der Waals surface area contributed by atoms with Crippen molar-refractivity contribution in [1.29, 1.82) is 0 Å². The number of anilines is 1. The first-order chi connectivity index (χ1) is 12.2. The second-order valence-electron chi connectivity index (χ2n) is 7.64. The molecule has 1 aromatic rings. The zero-order chi connectivity index (χ0) is 17.2. The van der Waals surface area contributed by atoms with Crippen LogP contribution in [0.25, 0.3) is 0 Å². The number of piperidine rings is 2. The molecule has 2 aliphatic heterocycles. The molecule has 5 nitrogen and oxygen atoms in total. The number of hydrogen-bond acceptors (Lipinski definition) is 4. The van der Waals surface area contributed by atoms with Crippen LogP contribution in [-0.4, -0.2) is 54.1 Å². The molecular formula is C19H27ClN4O. The van der Waals surface area contributed by atoms with Crippen LogP contribution in [0.3, 0.4) is 0 Å². The van der Waals surface area contributed by atoms with E-state index in [1.54, 1.807) is 6.20 Å². The van der Waals surface area contributed by atoms with Crippen molar-refractivity contribution in [2.45, 2.75) is 50.6 Å². The predicted octanol–water partition coefficient (Wildman–Crippen LogP) is 2.69. The molecule has 1 saturated carbocycles. The Balaban J connectivity index is 1.31. The number of amides is 1. The molecule has 0 unspecified atom stereocenters. The Bertz CT molecular complexity index is 613. The molecule has 1 amide bonds. The van der Waals surface area contributed by atoms with Crippen LogP contribution in [0.5, 0.6) is 0 Å². The monoisotopic (exact) mass is 362 g/mol. The van der Waals surface area contributed by atoms with Crippen molar-refractivity contribution in [2.24, 2.45) is 5.92 Å². The number of pyridine rings is 1. The van der Waals surface area contributed by atoms with E-state index in [0.717, 1.165) is 75.5 Å². The highest BCUT2D eigenvalue weighted by Crippen LogP contribution is 2.29. The van der Waals surface area contributed by atoms with E-state index in [-0.39, 0.29) is 11.8 Å². The van der Waals surface area contributed by atoms with E-state index >= 15 is 0 Å². The fourth-order valence-electron chi connectivity index (χ4n) is 4.15. The minimum absolute atomic E-state index is 0.178. The van der Waals surface area contributed by atoms with Crippen LogP contribution in [0.1, 0.15) is 38.5 Å². The highest BCUT2D eigenvalue weighted by atomic mass is 35.5. The molecule has 0 aromatic carbocycles. The van der Waals surface area contributed by atoms with Gasteiger partial charge in [-0.15, -0.1) is 0 Å². The van der Waals surface area contributed by atoms with Gasteiger partial charge in [0.25, 0.3) is 0 Å². The second kappa shape index (κ2) is 7.50. The van der Waals surface area contributed by atoms with Crippen LogP contribution in [0.2, 0.25) is 5.02 Å². The van der Waals surface area contributed by atoms with Gasteiger partial charge in [-0.2, -0.15) is 0 Å². The Kier molecular flexibility index (Phi) is 5.13. The first kappa shape index (κ1) is 17.1. The highest BCUT2D eigenvalue weighted by molar-refractivity contribution is 6.32. The number of rotatable bonds is 4. The second-order valence-corrected chi connectivity index (χ2v) is 8.05. The van der Waals surface area contributed by atoms with Crippen molar-refractivity contribution in [3.05, 3.63) is 23.4 Å². The van der Waals surface area contributed by atoms with Gasteiger partial charge in [-0.1, -0.05) is 11.6 Å². The predicted molar refractivity (Wildman–Crippen MR) is 99.9 cm³/mol. The van der Waals surface area contributed by atoms with E-state index in [1.807, 2.05) is 12.1 Å². The smallest absolute Gasteiger partial charge is 0.224 e. The fraction of sp³-hybridized carbons (Fsp3) is 0.684. The molecule has 136 valence electrons. The number of nitrogens with one attached hydrogen (secondary N) is 1. The molecular weight excluding hydrogens is 336 g/mol. The zero-order valence-electron chi connectivity index (χ0n) is 14.7. The Morgan fingerprint density at radius 2 is 1.96 bits per heavy atom. The molecule has 4 rings (SSSR count). The summed E-state index contributed by atoms with van der Waals surface area (Å²) < 4.78 is 0. The molecule has 1 atom stereocenters. The molecule has 2 saturated heterocycles. The molecule has 1 N–H and O–H groups in total. The van der Waals surface area contributed by atoms with Gasteiger partial charge < -0.3 is 10.2 Å². The van der Waals surface area contributed by atoms with Crippen LogP contribution in [0.4, 0.5) is 5.82 Å². The molecule has 0 radical (unpaired) electrons. The molecule has 1 aliphatic carbocycles. The number of hydrogen-bond donors (Lipinski definition) is 1. The molecule has 6 heteroatoms. The summed E-state index contributed by atoms with van der Waals surface area (Å²) in [6.45, 7) is 4.02. The number of nitrogens with zero attached hydrogens (tertiary/aromatic N) is 3. The van der Waals surface area contributed by atoms with E-state index < -0.39 is 0 Å². The van der Waals surface area contributed by atoms with E-state index in [0.29, 0.717) is 12.1 Å². The molecule has 25 heavy (non-hydrogen) atoms. The largest absolute Gasteiger partial charge is 0.355 e.